The quantitative estimate of drug-likeness (QED) is 0.287. The van der Waals surface area contributed by atoms with Gasteiger partial charge in [0, 0.05) is 51.4 Å². The zero-order chi connectivity index (χ0) is 22.6. The highest BCUT2D eigenvalue weighted by Gasteiger charge is 2.23. The number of aliphatic imine (C=N–C) groups is 1. The Balaban J connectivity index is 0.00000512. The summed E-state index contributed by atoms with van der Waals surface area (Å²) >= 11 is 0. The fourth-order valence-corrected chi connectivity index (χ4v) is 3.21. The maximum absolute atomic E-state index is 12.4. The molecule has 1 aromatic rings. The summed E-state index contributed by atoms with van der Waals surface area (Å²) in [5, 5.41) is 6.26. The highest BCUT2D eigenvalue weighted by atomic mass is 127. The summed E-state index contributed by atoms with van der Waals surface area (Å²) in [7, 11) is 3.95. The summed E-state index contributed by atoms with van der Waals surface area (Å²) in [4.78, 5) is 34.9. The predicted molar refractivity (Wildman–Crippen MR) is 138 cm³/mol. The first kappa shape index (κ1) is 28.0. The number of hydrogen-bond donors (Lipinski definition) is 2. The van der Waals surface area contributed by atoms with Gasteiger partial charge in [0.1, 0.15) is 0 Å². The van der Waals surface area contributed by atoms with Crippen molar-refractivity contribution in [1.82, 2.24) is 25.3 Å². The van der Waals surface area contributed by atoms with Crippen molar-refractivity contribution in [2.24, 2.45) is 4.99 Å². The molecule has 2 amide bonds. The van der Waals surface area contributed by atoms with E-state index < -0.39 is 0 Å². The monoisotopic (exact) mass is 560 g/mol. The van der Waals surface area contributed by atoms with E-state index in [4.69, 9.17) is 9.73 Å². The molecular weight excluding hydrogens is 523 g/mol. The molecule has 180 valence electrons. The molecule has 1 saturated heterocycles. The molecule has 2 rings (SSSR count). The molecule has 0 atom stereocenters. The van der Waals surface area contributed by atoms with Gasteiger partial charge in [0.15, 0.2) is 5.96 Å². The first-order valence-electron chi connectivity index (χ1n) is 10.9. The second-order valence-electron chi connectivity index (χ2n) is 7.60. The number of carbonyl (C=O) groups excluding carboxylic acids is 2. The number of carbonyl (C=O) groups is 2. The number of ether oxygens (including phenoxy) is 1. The molecule has 0 radical (unpaired) electrons. The molecular formula is C22H37IN6O3. The van der Waals surface area contributed by atoms with E-state index in [1.165, 1.54) is 0 Å². The molecule has 1 aliphatic heterocycles. The minimum atomic E-state index is -0.259. The number of rotatable bonds is 8. The molecule has 10 heteroatoms. The van der Waals surface area contributed by atoms with Crippen molar-refractivity contribution in [3.63, 3.8) is 0 Å². The Labute approximate surface area is 208 Å². The molecule has 2 N–H and O–H groups in total. The first-order chi connectivity index (χ1) is 14.9. The van der Waals surface area contributed by atoms with Crippen LogP contribution in [0.3, 0.4) is 0 Å². The average molecular weight is 560 g/mol. The Kier molecular flexibility index (Phi) is 13.0. The van der Waals surface area contributed by atoms with E-state index in [0.717, 1.165) is 24.6 Å². The van der Waals surface area contributed by atoms with Crippen LogP contribution < -0.4 is 10.6 Å². The van der Waals surface area contributed by atoms with Crippen LogP contribution in [0.1, 0.15) is 29.8 Å². The molecule has 32 heavy (non-hydrogen) atoms. The SMILES string of the molecule is CCNC(=NCc1cccc(C(=O)NCCN(C)C)c1)N1CCN(C(=O)OCC)CC1.I. The maximum atomic E-state index is 12.4. The van der Waals surface area contributed by atoms with Crippen LogP contribution in [0.4, 0.5) is 4.79 Å². The molecule has 0 spiro atoms. The van der Waals surface area contributed by atoms with Crippen LogP contribution in [0.15, 0.2) is 29.3 Å². The summed E-state index contributed by atoms with van der Waals surface area (Å²) in [5.74, 6) is 0.738. The summed E-state index contributed by atoms with van der Waals surface area (Å²) in [6.45, 7) is 9.45. The van der Waals surface area contributed by atoms with E-state index in [9.17, 15) is 9.59 Å². The van der Waals surface area contributed by atoms with Gasteiger partial charge in [-0.2, -0.15) is 0 Å². The van der Waals surface area contributed by atoms with Crippen molar-refractivity contribution >= 4 is 41.9 Å². The number of benzene rings is 1. The van der Waals surface area contributed by atoms with Crippen LogP contribution >= 0.6 is 24.0 Å². The highest BCUT2D eigenvalue weighted by Crippen LogP contribution is 2.09. The minimum absolute atomic E-state index is 0. The van der Waals surface area contributed by atoms with Crippen LogP contribution in [-0.2, 0) is 11.3 Å². The van der Waals surface area contributed by atoms with Crippen molar-refractivity contribution < 1.29 is 14.3 Å². The average Bonchev–Trinajstić information content (AvgIpc) is 2.77. The lowest BCUT2D eigenvalue weighted by atomic mass is 10.1. The van der Waals surface area contributed by atoms with E-state index in [-0.39, 0.29) is 36.0 Å². The van der Waals surface area contributed by atoms with Crippen molar-refractivity contribution in [3.8, 4) is 0 Å². The van der Waals surface area contributed by atoms with Gasteiger partial charge in [-0.3, -0.25) is 4.79 Å². The van der Waals surface area contributed by atoms with Gasteiger partial charge in [-0.15, -0.1) is 24.0 Å². The lowest BCUT2D eigenvalue weighted by Gasteiger charge is -2.35. The Morgan fingerprint density at radius 3 is 2.41 bits per heavy atom. The highest BCUT2D eigenvalue weighted by molar-refractivity contribution is 14.0. The van der Waals surface area contributed by atoms with Crippen molar-refractivity contribution in [3.05, 3.63) is 35.4 Å². The molecule has 0 saturated carbocycles. The standard InChI is InChI=1S/C22H36N6O3.HI/c1-5-23-21(27-12-14-28(15-13-27)22(30)31-6-2)25-17-18-8-7-9-19(16-18)20(29)24-10-11-26(3)4;/h7-9,16H,5-6,10-15,17H2,1-4H3,(H,23,25)(H,24,29);1H. The zero-order valence-corrected chi connectivity index (χ0v) is 21.9. The third-order valence-electron chi connectivity index (χ3n) is 4.89. The van der Waals surface area contributed by atoms with Crippen molar-refractivity contribution in [2.45, 2.75) is 20.4 Å². The Hall–Kier alpha value is -2.08. The molecule has 1 heterocycles. The van der Waals surface area contributed by atoms with Crippen LogP contribution in [-0.4, -0.2) is 99.2 Å². The Morgan fingerprint density at radius 2 is 1.78 bits per heavy atom. The van der Waals surface area contributed by atoms with Gasteiger partial charge in [-0.1, -0.05) is 12.1 Å². The molecule has 1 aromatic carbocycles. The van der Waals surface area contributed by atoms with Crippen LogP contribution in [0, 0.1) is 0 Å². The molecule has 0 unspecified atom stereocenters. The van der Waals surface area contributed by atoms with Crippen molar-refractivity contribution in [2.75, 3.05) is 66.5 Å². The number of nitrogens with one attached hydrogen (secondary N) is 2. The van der Waals surface area contributed by atoms with Crippen LogP contribution in [0.25, 0.3) is 0 Å². The predicted octanol–water partition coefficient (Wildman–Crippen LogP) is 1.84. The number of likely N-dealkylation sites (N-methyl/N-ethyl adjacent to an activating group) is 1. The summed E-state index contributed by atoms with van der Waals surface area (Å²) < 4.78 is 5.08. The second kappa shape index (κ2) is 14.9. The van der Waals surface area contributed by atoms with E-state index in [2.05, 4.69) is 15.5 Å². The number of guanidine groups is 1. The first-order valence-corrected chi connectivity index (χ1v) is 10.9. The number of amides is 2. The number of halogens is 1. The minimum Gasteiger partial charge on any atom is -0.450 e. The fraction of sp³-hybridized carbons (Fsp3) is 0.591. The molecule has 1 fully saturated rings. The van der Waals surface area contributed by atoms with Gasteiger partial charge in [-0.05, 0) is 45.6 Å². The van der Waals surface area contributed by atoms with Gasteiger partial charge >= 0.3 is 6.09 Å². The zero-order valence-electron chi connectivity index (χ0n) is 19.6. The number of piperazine rings is 1. The van der Waals surface area contributed by atoms with Gasteiger partial charge in [0.05, 0.1) is 13.2 Å². The molecule has 0 aliphatic carbocycles. The summed E-state index contributed by atoms with van der Waals surface area (Å²) in [6.07, 6.45) is -0.259. The summed E-state index contributed by atoms with van der Waals surface area (Å²) in [5.41, 5.74) is 1.61. The number of hydrogen-bond acceptors (Lipinski definition) is 5. The smallest absolute Gasteiger partial charge is 0.409 e. The van der Waals surface area contributed by atoms with Gasteiger partial charge in [0.25, 0.3) is 5.91 Å². The number of nitrogens with zero attached hydrogens (tertiary/aromatic N) is 4. The topological polar surface area (TPSA) is 89.5 Å². The van der Waals surface area contributed by atoms with E-state index in [1.54, 1.807) is 4.90 Å². The Bertz CT molecular complexity index is 751. The largest absolute Gasteiger partial charge is 0.450 e. The lowest BCUT2D eigenvalue weighted by molar-refractivity contribution is 0.0913. The molecule has 0 bridgehead atoms. The van der Waals surface area contributed by atoms with Gasteiger partial charge in [-0.25, -0.2) is 9.79 Å². The van der Waals surface area contributed by atoms with Crippen LogP contribution in [0.5, 0.6) is 0 Å². The maximum Gasteiger partial charge on any atom is 0.409 e. The Morgan fingerprint density at radius 1 is 1.09 bits per heavy atom. The normalized spacial score (nSPS) is 14.1. The second-order valence-corrected chi connectivity index (χ2v) is 7.60. The van der Waals surface area contributed by atoms with E-state index in [0.29, 0.717) is 51.4 Å². The molecule has 1 aliphatic rings. The van der Waals surface area contributed by atoms with Gasteiger partial charge < -0.3 is 30.1 Å². The lowest BCUT2D eigenvalue weighted by Crippen LogP contribution is -2.53. The van der Waals surface area contributed by atoms with E-state index >= 15 is 0 Å². The third kappa shape index (κ3) is 9.19. The third-order valence-corrected chi connectivity index (χ3v) is 4.89. The van der Waals surface area contributed by atoms with E-state index in [1.807, 2.05) is 57.1 Å². The van der Waals surface area contributed by atoms with Gasteiger partial charge in [0.2, 0.25) is 0 Å². The van der Waals surface area contributed by atoms with Crippen LogP contribution in [0.2, 0.25) is 0 Å². The summed E-state index contributed by atoms with van der Waals surface area (Å²) in [6, 6.07) is 7.56. The molecule has 9 nitrogen and oxygen atoms in total. The fourth-order valence-electron chi connectivity index (χ4n) is 3.21. The van der Waals surface area contributed by atoms with Crippen molar-refractivity contribution in [1.29, 1.82) is 0 Å². The molecule has 0 aromatic heterocycles.